The van der Waals surface area contributed by atoms with Gasteiger partial charge in [-0.2, -0.15) is 0 Å². The Labute approximate surface area is 145 Å². The van der Waals surface area contributed by atoms with Gasteiger partial charge in [0.15, 0.2) is 5.11 Å². The molecule has 1 amide bonds. The fraction of sp³-hybridized carbons (Fsp3) is 0.176. The maximum atomic E-state index is 12.1. The van der Waals surface area contributed by atoms with Crippen LogP contribution in [0.5, 0.6) is 5.75 Å². The number of carbonyl (C=O) groups is 1. The number of benzene rings is 2. The van der Waals surface area contributed by atoms with Crippen LogP contribution in [0.25, 0.3) is 0 Å². The normalized spacial score (nSPS) is 10.0. The molecule has 4 nitrogen and oxygen atoms in total. The lowest BCUT2D eigenvalue weighted by atomic mass is 10.2. The Morgan fingerprint density at radius 3 is 2.74 bits per heavy atom. The summed E-state index contributed by atoms with van der Waals surface area (Å²) in [5.74, 6) is 0.392. The van der Waals surface area contributed by atoms with Crippen molar-refractivity contribution in [3.63, 3.8) is 0 Å². The topological polar surface area (TPSA) is 50.4 Å². The molecular weight excluding hydrogens is 332 g/mol. The van der Waals surface area contributed by atoms with Crippen molar-refractivity contribution in [1.29, 1.82) is 0 Å². The van der Waals surface area contributed by atoms with E-state index in [1.807, 2.05) is 31.2 Å². The van der Waals surface area contributed by atoms with Crippen molar-refractivity contribution in [2.75, 3.05) is 11.9 Å². The molecule has 0 fully saturated rings. The molecule has 0 saturated heterocycles. The van der Waals surface area contributed by atoms with Gasteiger partial charge < -0.3 is 10.1 Å². The van der Waals surface area contributed by atoms with Crippen LogP contribution in [0.4, 0.5) is 5.69 Å². The zero-order valence-corrected chi connectivity index (χ0v) is 14.2. The third-order valence-corrected chi connectivity index (χ3v) is 3.44. The van der Waals surface area contributed by atoms with E-state index in [4.69, 9.17) is 28.6 Å². The molecule has 2 rings (SSSR count). The number of halogens is 1. The number of anilines is 1. The molecule has 0 spiro atoms. The SMILES string of the molecule is CCCOc1cccc(NC(=S)NC(=O)c2ccccc2Cl)c1. The van der Waals surface area contributed by atoms with Gasteiger partial charge in [0.1, 0.15) is 5.75 Å². The second-order valence-electron chi connectivity index (χ2n) is 4.76. The van der Waals surface area contributed by atoms with Gasteiger partial charge in [-0.25, -0.2) is 0 Å². The Kier molecular flexibility index (Phi) is 6.38. The van der Waals surface area contributed by atoms with Crippen molar-refractivity contribution < 1.29 is 9.53 Å². The summed E-state index contributed by atoms with van der Waals surface area (Å²) in [4.78, 5) is 12.1. The number of amides is 1. The van der Waals surface area contributed by atoms with Gasteiger partial charge in [0.2, 0.25) is 0 Å². The van der Waals surface area contributed by atoms with Gasteiger partial charge >= 0.3 is 0 Å². The van der Waals surface area contributed by atoms with Crippen molar-refractivity contribution in [1.82, 2.24) is 5.32 Å². The predicted octanol–water partition coefficient (Wildman–Crippen LogP) is 4.26. The molecular formula is C17H17ClN2O2S. The highest BCUT2D eigenvalue weighted by molar-refractivity contribution is 7.80. The Balaban J connectivity index is 1.97. The second-order valence-corrected chi connectivity index (χ2v) is 5.58. The summed E-state index contributed by atoms with van der Waals surface area (Å²) in [6.45, 7) is 2.69. The van der Waals surface area contributed by atoms with E-state index in [9.17, 15) is 4.79 Å². The highest BCUT2D eigenvalue weighted by Crippen LogP contribution is 2.18. The molecule has 0 atom stereocenters. The Hall–Kier alpha value is -2.11. The van der Waals surface area contributed by atoms with Crippen LogP contribution < -0.4 is 15.4 Å². The number of rotatable bonds is 5. The van der Waals surface area contributed by atoms with Crippen molar-refractivity contribution in [2.45, 2.75) is 13.3 Å². The molecule has 120 valence electrons. The minimum atomic E-state index is -0.355. The minimum absolute atomic E-state index is 0.197. The lowest BCUT2D eigenvalue weighted by Crippen LogP contribution is -2.34. The molecule has 0 aliphatic rings. The first-order valence-electron chi connectivity index (χ1n) is 7.20. The first kappa shape index (κ1) is 17.2. The van der Waals surface area contributed by atoms with Crippen molar-refractivity contribution >= 4 is 40.5 Å². The van der Waals surface area contributed by atoms with Crippen LogP contribution in [0.2, 0.25) is 5.02 Å². The highest BCUT2D eigenvalue weighted by atomic mass is 35.5. The van der Waals surface area contributed by atoms with Gasteiger partial charge in [0.25, 0.3) is 5.91 Å². The molecule has 0 aliphatic carbocycles. The number of hydrogen-bond acceptors (Lipinski definition) is 3. The molecule has 0 heterocycles. The molecule has 2 aromatic carbocycles. The summed E-state index contributed by atoms with van der Waals surface area (Å²) in [6, 6.07) is 14.2. The van der Waals surface area contributed by atoms with Crippen molar-refractivity contribution in [3.8, 4) is 5.75 Å². The molecule has 23 heavy (non-hydrogen) atoms. The number of carbonyl (C=O) groups excluding carboxylic acids is 1. The molecule has 0 unspecified atom stereocenters. The lowest BCUT2D eigenvalue weighted by molar-refractivity contribution is 0.0978. The molecule has 0 aliphatic heterocycles. The summed E-state index contributed by atoms with van der Waals surface area (Å²) in [5, 5.41) is 6.13. The third-order valence-electron chi connectivity index (χ3n) is 2.91. The monoisotopic (exact) mass is 348 g/mol. The molecule has 6 heteroatoms. The molecule has 2 aromatic rings. The first-order valence-corrected chi connectivity index (χ1v) is 7.98. The van der Waals surface area contributed by atoms with E-state index in [0.717, 1.165) is 17.9 Å². The molecule has 0 aromatic heterocycles. The first-order chi connectivity index (χ1) is 11.1. The van der Waals surface area contributed by atoms with Crippen LogP contribution in [0.15, 0.2) is 48.5 Å². The van der Waals surface area contributed by atoms with Gasteiger partial charge in [0, 0.05) is 11.8 Å². The quantitative estimate of drug-likeness (QED) is 0.793. The van der Waals surface area contributed by atoms with E-state index >= 15 is 0 Å². The number of hydrogen-bond donors (Lipinski definition) is 2. The molecule has 2 N–H and O–H groups in total. The zero-order chi connectivity index (χ0) is 16.7. The van der Waals surface area contributed by atoms with Crippen LogP contribution >= 0.6 is 23.8 Å². The summed E-state index contributed by atoms with van der Waals surface area (Å²) >= 11 is 11.2. The van der Waals surface area contributed by atoms with Crippen LogP contribution in [0.3, 0.4) is 0 Å². The summed E-state index contributed by atoms with van der Waals surface area (Å²) < 4.78 is 5.56. The van der Waals surface area contributed by atoms with Gasteiger partial charge in [-0.15, -0.1) is 0 Å². The summed E-state index contributed by atoms with van der Waals surface area (Å²) in [5.41, 5.74) is 1.11. The average molecular weight is 349 g/mol. The fourth-order valence-electron chi connectivity index (χ4n) is 1.86. The lowest BCUT2D eigenvalue weighted by Gasteiger charge is -2.11. The summed E-state index contributed by atoms with van der Waals surface area (Å²) in [7, 11) is 0. The van der Waals surface area contributed by atoms with Crippen LogP contribution in [-0.4, -0.2) is 17.6 Å². The third kappa shape index (κ3) is 5.23. The second kappa shape index (κ2) is 8.50. The van der Waals surface area contributed by atoms with E-state index < -0.39 is 0 Å². The van der Waals surface area contributed by atoms with Crippen LogP contribution in [0, 0.1) is 0 Å². The summed E-state index contributed by atoms with van der Waals surface area (Å²) in [6.07, 6.45) is 0.934. The van der Waals surface area contributed by atoms with Gasteiger partial charge in [-0.3, -0.25) is 10.1 Å². The van der Waals surface area contributed by atoms with Crippen molar-refractivity contribution in [2.24, 2.45) is 0 Å². The number of ether oxygens (including phenoxy) is 1. The number of nitrogens with one attached hydrogen (secondary N) is 2. The standard InChI is InChI=1S/C17H17ClN2O2S/c1-2-10-22-13-7-5-6-12(11-13)19-17(23)20-16(21)14-8-3-4-9-15(14)18/h3-9,11H,2,10H2,1H3,(H2,19,20,21,23). The predicted molar refractivity (Wildman–Crippen MR) is 97.4 cm³/mol. The molecule has 0 radical (unpaired) electrons. The maximum absolute atomic E-state index is 12.1. The Morgan fingerprint density at radius 1 is 1.22 bits per heavy atom. The average Bonchev–Trinajstić information content (AvgIpc) is 2.53. The fourth-order valence-corrected chi connectivity index (χ4v) is 2.29. The highest BCUT2D eigenvalue weighted by Gasteiger charge is 2.11. The van der Waals surface area contributed by atoms with E-state index in [-0.39, 0.29) is 11.0 Å². The van der Waals surface area contributed by atoms with Gasteiger partial charge in [-0.05, 0) is 42.9 Å². The largest absolute Gasteiger partial charge is 0.494 e. The molecule has 0 bridgehead atoms. The van der Waals surface area contributed by atoms with E-state index in [2.05, 4.69) is 10.6 Å². The Morgan fingerprint density at radius 2 is 2.00 bits per heavy atom. The van der Waals surface area contributed by atoms with Gasteiger partial charge in [-0.1, -0.05) is 36.7 Å². The Bertz CT molecular complexity index is 706. The van der Waals surface area contributed by atoms with Crippen LogP contribution in [0.1, 0.15) is 23.7 Å². The minimum Gasteiger partial charge on any atom is -0.494 e. The zero-order valence-electron chi connectivity index (χ0n) is 12.6. The number of thiocarbonyl (C=S) groups is 1. The smallest absolute Gasteiger partial charge is 0.258 e. The van der Waals surface area contributed by atoms with Crippen molar-refractivity contribution in [3.05, 3.63) is 59.1 Å². The van der Waals surface area contributed by atoms with E-state index in [1.165, 1.54) is 0 Å². The van der Waals surface area contributed by atoms with Gasteiger partial charge in [0.05, 0.1) is 17.2 Å². The maximum Gasteiger partial charge on any atom is 0.258 e. The molecule has 0 saturated carbocycles. The van der Waals surface area contributed by atoms with E-state index in [0.29, 0.717) is 17.2 Å². The van der Waals surface area contributed by atoms with E-state index in [1.54, 1.807) is 24.3 Å². The van der Waals surface area contributed by atoms with Crippen LogP contribution in [-0.2, 0) is 0 Å².